The highest BCUT2D eigenvalue weighted by molar-refractivity contribution is 6.30. The van der Waals surface area contributed by atoms with Gasteiger partial charge in [0.2, 0.25) is 11.8 Å². The van der Waals surface area contributed by atoms with Crippen molar-refractivity contribution in [1.82, 2.24) is 10.6 Å². The molecule has 118 valence electrons. The maximum atomic E-state index is 12.1. The molecule has 1 aromatic carbocycles. The second kappa shape index (κ2) is 6.67. The van der Waals surface area contributed by atoms with Crippen LogP contribution in [0.4, 0.5) is 5.69 Å². The summed E-state index contributed by atoms with van der Waals surface area (Å²) in [6.45, 7) is 0. The van der Waals surface area contributed by atoms with Crippen molar-refractivity contribution in [2.75, 3.05) is 5.32 Å². The number of carbonyl (C=O) groups excluding carboxylic acids is 2. The summed E-state index contributed by atoms with van der Waals surface area (Å²) in [6, 6.07) is 6.98. The average molecular weight is 322 g/mol. The third-order valence-corrected chi connectivity index (χ3v) is 4.59. The zero-order chi connectivity index (χ0) is 15.5. The van der Waals surface area contributed by atoms with Crippen LogP contribution in [0.3, 0.4) is 0 Å². The average Bonchev–Trinajstić information content (AvgIpc) is 2.50. The molecule has 3 rings (SSSR count). The molecule has 22 heavy (non-hydrogen) atoms. The second-order valence-electron chi connectivity index (χ2n) is 5.98. The number of piperazine rings is 1. The van der Waals surface area contributed by atoms with Crippen LogP contribution in [0, 0.1) is 0 Å². The lowest BCUT2D eigenvalue weighted by Gasteiger charge is -2.40. The van der Waals surface area contributed by atoms with Gasteiger partial charge >= 0.3 is 0 Å². The van der Waals surface area contributed by atoms with Gasteiger partial charge in [-0.3, -0.25) is 9.59 Å². The standard InChI is InChI=1S/C16H20ClN3O2/c17-10-5-7-11(8-6-10)18-15(21)9-14-16(22)20-13-4-2-1-3-12(13)19-14/h5-8,12-14,19H,1-4,9H2,(H,18,21)(H,20,22)/t12-,13-,14+/m1/s1. The molecule has 0 radical (unpaired) electrons. The van der Waals surface area contributed by atoms with Crippen molar-refractivity contribution in [2.45, 2.75) is 50.2 Å². The zero-order valence-electron chi connectivity index (χ0n) is 12.3. The van der Waals surface area contributed by atoms with Crippen molar-refractivity contribution in [3.63, 3.8) is 0 Å². The number of halogens is 1. The van der Waals surface area contributed by atoms with E-state index >= 15 is 0 Å². The normalized spacial score (nSPS) is 27.7. The van der Waals surface area contributed by atoms with Gasteiger partial charge in [0.1, 0.15) is 0 Å². The van der Waals surface area contributed by atoms with Crippen molar-refractivity contribution in [1.29, 1.82) is 0 Å². The molecule has 3 N–H and O–H groups in total. The fraction of sp³-hybridized carbons (Fsp3) is 0.500. The summed E-state index contributed by atoms with van der Waals surface area (Å²) < 4.78 is 0. The van der Waals surface area contributed by atoms with Crippen LogP contribution >= 0.6 is 11.6 Å². The molecule has 0 spiro atoms. The molecule has 2 aliphatic rings. The van der Waals surface area contributed by atoms with Gasteiger partial charge in [-0.1, -0.05) is 24.4 Å². The van der Waals surface area contributed by atoms with E-state index in [-0.39, 0.29) is 24.3 Å². The fourth-order valence-corrected chi connectivity index (χ4v) is 3.33. The van der Waals surface area contributed by atoms with E-state index in [0.717, 1.165) is 19.3 Å². The van der Waals surface area contributed by atoms with E-state index in [1.54, 1.807) is 24.3 Å². The maximum absolute atomic E-state index is 12.1. The lowest BCUT2D eigenvalue weighted by atomic mass is 9.87. The number of hydrogen-bond acceptors (Lipinski definition) is 3. The molecule has 0 bridgehead atoms. The Kier molecular flexibility index (Phi) is 4.64. The van der Waals surface area contributed by atoms with Gasteiger partial charge < -0.3 is 16.0 Å². The van der Waals surface area contributed by atoms with Crippen molar-refractivity contribution in [3.8, 4) is 0 Å². The number of nitrogens with one attached hydrogen (secondary N) is 3. The predicted octanol–water partition coefficient (Wildman–Crippen LogP) is 2.07. The van der Waals surface area contributed by atoms with Crippen molar-refractivity contribution in [2.24, 2.45) is 0 Å². The van der Waals surface area contributed by atoms with E-state index < -0.39 is 6.04 Å². The largest absolute Gasteiger partial charge is 0.350 e. The van der Waals surface area contributed by atoms with E-state index in [1.165, 1.54) is 6.42 Å². The van der Waals surface area contributed by atoms with Gasteiger partial charge in [0.25, 0.3) is 0 Å². The molecule has 1 heterocycles. The first-order valence-corrected chi connectivity index (χ1v) is 8.11. The van der Waals surface area contributed by atoms with Gasteiger partial charge in [0.15, 0.2) is 0 Å². The highest BCUT2D eigenvalue weighted by Crippen LogP contribution is 2.22. The smallest absolute Gasteiger partial charge is 0.237 e. The number of fused-ring (bicyclic) bond motifs is 1. The molecule has 2 amide bonds. The highest BCUT2D eigenvalue weighted by atomic mass is 35.5. The summed E-state index contributed by atoms with van der Waals surface area (Å²) in [5.74, 6) is -0.251. The minimum atomic E-state index is -0.452. The summed E-state index contributed by atoms with van der Waals surface area (Å²) in [6.07, 6.45) is 4.55. The van der Waals surface area contributed by atoms with Gasteiger partial charge in [0, 0.05) is 22.8 Å². The molecule has 2 fully saturated rings. The Balaban J connectivity index is 1.56. The SMILES string of the molecule is O=C(C[C@@H]1N[C@@H]2CCCC[C@H]2NC1=O)Nc1ccc(Cl)cc1. The first-order valence-electron chi connectivity index (χ1n) is 7.73. The molecule has 1 aliphatic heterocycles. The lowest BCUT2D eigenvalue weighted by molar-refractivity contribution is -0.129. The summed E-state index contributed by atoms with van der Waals surface area (Å²) in [7, 11) is 0. The van der Waals surface area contributed by atoms with Crippen LogP contribution < -0.4 is 16.0 Å². The fourth-order valence-electron chi connectivity index (χ4n) is 3.20. The van der Waals surface area contributed by atoms with Crippen LogP contribution in [0.1, 0.15) is 32.1 Å². The number of carbonyl (C=O) groups is 2. The van der Waals surface area contributed by atoms with Crippen molar-refractivity contribution >= 4 is 29.1 Å². The van der Waals surface area contributed by atoms with Gasteiger partial charge in [-0.05, 0) is 37.1 Å². The molecular formula is C16H20ClN3O2. The Morgan fingerprint density at radius 1 is 1.18 bits per heavy atom. The number of anilines is 1. The highest BCUT2D eigenvalue weighted by Gasteiger charge is 2.36. The van der Waals surface area contributed by atoms with Crippen LogP contribution in [0.15, 0.2) is 24.3 Å². The number of amides is 2. The molecule has 1 saturated carbocycles. The molecular weight excluding hydrogens is 302 g/mol. The number of hydrogen-bond donors (Lipinski definition) is 3. The molecule has 0 aromatic heterocycles. The van der Waals surface area contributed by atoms with Crippen LogP contribution in [0.5, 0.6) is 0 Å². The summed E-state index contributed by atoms with van der Waals surface area (Å²) in [4.78, 5) is 24.2. The molecule has 1 aliphatic carbocycles. The summed E-state index contributed by atoms with van der Waals surface area (Å²) >= 11 is 5.81. The maximum Gasteiger partial charge on any atom is 0.237 e. The Labute approximate surface area is 134 Å². The predicted molar refractivity (Wildman–Crippen MR) is 85.8 cm³/mol. The van der Waals surface area contributed by atoms with E-state index in [4.69, 9.17) is 11.6 Å². The third-order valence-electron chi connectivity index (χ3n) is 4.34. The van der Waals surface area contributed by atoms with Crippen LogP contribution in [0.25, 0.3) is 0 Å². The van der Waals surface area contributed by atoms with Crippen molar-refractivity contribution < 1.29 is 9.59 Å². The minimum absolute atomic E-state index is 0.0746. The van der Waals surface area contributed by atoms with Gasteiger partial charge in [-0.2, -0.15) is 0 Å². The minimum Gasteiger partial charge on any atom is -0.350 e. The Bertz CT molecular complexity index is 561. The lowest BCUT2D eigenvalue weighted by Crippen LogP contribution is -2.65. The monoisotopic (exact) mass is 321 g/mol. The molecule has 6 heteroatoms. The Morgan fingerprint density at radius 3 is 2.59 bits per heavy atom. The van der Waals surface area contributed by atoms with Gasteiger partial charge in [-0.15, -0.1) is 0 Å². The molecule has 1 saturated heterocycles. The van der Waals surface area contributed by atoms with E-state index in [9.17, 15) is 9.59 Å². The second-order valence-corrected chi connectivity index (χ2v) is 6.42. The molecule has 1 aromatic rings. The van der Waals surface area contributed by atoms with E-state index in [0.29, 0.717) is 16.8 Å². The van der Waals surface area contributed by atoms with Gasteiger partial charge in [-0.25, -0.2) is 0 Å². The molecule has 5 nitrogen and oxygen atoms in total. The van der Waals surface area contributed by atoms with Crippen LogP contribution in [-0.2, 0) is 9.59 Å². The first kappa shape index (κ1) is 15.3. The first-order chi connectivity index (χ1) is 10.6. The van der Waals surface area contributed by atoms with E-state index in [2.05, 4.69) is 16.0 Å². The van der Waals surface area contributed by atoms with E-state index in [1.807, 2.05) is 0 Å². The quantitative estimate of drug-likeness (QED) is 0.798. The van der Waals surface area contributed by atoms with Crippen molar-refractivity contribution in [3.05, 3.63) is 29.3 Å². The summed E-state index contributed by atoms with van der Waals surface area (Å²) in [5.41, 5.74) is 0.682. The number of benzene rings is 1. The third kappa shape index (κ3) is 3.59. The topological polar surface area (TPSA) is 70.2 Å². The van der Waals surface area contributed by atoms with Crippen LogP contribution in [0.2, 0.25) is 5.02 Å². The Hall–Kier alpha value is -1.59. The number of rotatable bonds is 3. The summed E-state index contributed by atoms with van der Waals surface area (Å²) in [5, 5.41) is 9.79. The molecule has 0 unspecified atom stereocenters. The zero-order valence-corrected chi connectivity index (χ0v) is 13.0. The Morgan fingerprint density at radius 2 is 1.86 bits per heavy atom. The van der Waals surface area contributed by atoms with Gasteiger partial charge in [0.05, 0.1) is 12.5 Å². The molecule has 3 atom stereocenters. The van der Waals surface area contributed by atoms with Crippen LogP contribution in [-0.4, -0.2) is 29.9 Å².